The van der Waals surface area contributed by atoms with E-state index in [0.717, 1.165) is 48.1 Å². The number of amides is 1. The van der Waals surface area contributed by atoms with Crippen molar-refractivity contribution in [2.75, 3.05) is 17.6 Å². The molecule has 33 heavy (non-hydrogen) atoms. The molecule has 4 saturated carbocycles. The van der Waals surface area contributed by atoms with E-state index in [1.54, 1.807) is 0 Å². The molecule has 4 aliphatic carbocycles. The van der Waals surface area contributed by atoms with Crippen LogP contribution in [0.1, 0.15) is 64.7 Å². The molecule has 182 valence electrons. The quantitative estimate of drug-likeness (QED) is 0.437. The van der Waals surface area contributed by atoms with E-state index in [2.05, 4.69) is 17.1 Å². The molecule has 0 aromatic heterocycles. The Balaban J connectivity index is 0.00000259. The molecule has 1 aromatic rings. The van der Waals surface area contributed by atoms with Gasteiger partial charge in [-0.05, 0) is 80.9 Å². The first kappa shape index (κ1) is 25.1. The van der Waals surface area contributed by atoms with E-state index < -0.39 is 5.82 Å². The van der Waals surface area contributed by atoms with E-state index in [1.165, 1.54) is 56.7 Å². The number of hydrogen-bond donors (Lipinski definition) is 1. The summed E-state index contributed by atoms with van der Waals surface area (Å²) in [5, 5.41) is 4.28. The van der Waals surface area contributed by atoms with Crippen molar-refractivity contribution in [1.82, 2.24) is 4.90 Å². The molecule has 5 fully saturated rings. The molecule has 8 heteroatoms. The Morgan fingerprint density at radius 2 is 1.91 bits per heavy atom. The number of benzene rings is 1. The van der Waals surface area contributed by atoms with Crippen LogP contribution in [0.15, 0.2) is 23.2 Å². The number of rotatable bonds is 7. The lowest BCUT2D eigenvalue weighted by atomic mass is 9.53. The lowest BCUT2D eigenvalue weighted by molar-refractivity contribution is -0.116. The number of hydrogen-bond acceptors (Lipinski definition) is 3. The number of thioether (sulfide) groups is 1. The summed E-state index contributed by atoms with van der Waals surface area (Å²) in [4.78, 5) is 20.6. The van der Waals surface area contributed by atoms with Crippen molar-refractivity contribution in [3.8, 4) is 0 Å². The number of aliphatic imine (C=N–C) groups is 1. The van der Waals surface area contributed by atoms with Crippen molar-refractivity contribution in [3.63, 3.8) is 0 Å². The number of halogens is 3. The second kappa shape index (κ2) is 10.3. The van der Waals surface area contributed by atoms with Crippen molar-refractivity contribution >= 4 is 52.5 Å². The molecule has 5 aliphatic rings. The third-order valence-corrected chi connectivity index (χ3v) is 9.18. The van der Waals surface area contributed by atoms with Gasteiger partial charge in [0.2, 0.25) is 5.91 Å². The number of carbonyl (C=O) groups excluding carboxylic acids is 1. The molecule has 1 aromatic carbocycles. The molecule has 1 atom stereocenters. The highest BCUT2D eigenvalue weighted by atomic mass is 35.5. The summed E-state index contributed by atoms with van der Waals surface area (Å²) in [6, 6.07) is 4.33. The normalized spacial score (nSPS) is 33.4. The summed E-state index contributed by atoms with van der Waals surface area (Å²) in [6.45, 7) is 3.13. The highest BCUT2D eigenvalue weighted by Crippen LogP contribution is 2.57. The third kappa shape index (κ3) is 5.48. The van der Waals surface area contributed by atoms with Crippen LogP contribution >= 0.6 is 35.8 Å². The Hall–Kier alpha value is -0.980. The Morgan fingerprint density at radius 1 is 1.24 bits per heavy atom. The van der Waals surface area contributed by atoms with Gasteiger partial charge < -0.3 is 10.2 Å². The lowest BCUT2D eigenvalue weighted by Gasteiger charge is -2.55. The first-order chi connectivity index (χ1) is 15.4. The maximum absolute atomic E-state index is 14.1. The molecule has 1 saturated heterocycles. The number of nitrogens with one attached hydrogen (secondary N) is 1. The largest absolute Gasteiger partial charge is 0.347 e. The second-order valence-electron chi connectivity index (χ2n) is 10.4. The standard InChI is InChI=1S/C25H33ClFN3OS.ClH/c1-2-3-6-30-20(11-23(31)28-22-10-19(26)4-5-21(22)27)15-32-24(30)29-25-12-16-7-17(13-25)9-18(8-16)14-25;/h4-5,10,16-18,20H,2-3,6-9,11-15H2,1H3,(H,28,31);1H/b29-24-;. The zero-order valence-electron chi connectivity index (χ0n) is 19.2. The molecule has 1 aliphatic heterocycles. The van der Waals surface area contributed by atoms with Gasteiger partial charge in [0.15, 0.2) is 5.17 Å². The highest BCUT2D eigenvalue weighted by Gasteiger charge is 2.51. The minimum absolute atomic E-state index is 0. The van der Waals surface area contributed by atoms with Crippen LogP contribution in [0.25, 0.3) is 0 Å². The molecule has 4 bridgehead atoms. The van der Waals surface area contributed by atoms with E-state index >= 15 is 0 Å². The monoisotopic (exact) mass is 513 g/mol. The molecule has 0 spiro atoms. The van der Waals surface area contributed by atoms with E-state index in [4.69, 9.17) is 16.6 Å². The number of unbranched alkanes of at least 4 members (excludes halogenated alkanes) is 1. The smallest absolute Gasteiger partial charge is 0.226 e. The highest BCUT2D eigenvalue weighted by molar-refractivity contribution is 8.14. The molecule has 1 heterocycles. The topological polar surface area (TPSA) is 44.7 Å². The number of amidine groups is 1. The number of carbonyl (C=O) groups is 1. The van der Waals surface area contributed by atoms with Gasteiger partial charge in [0.1, 0.15) is 5.82 Å². The summed E-state index contributed by atoms with van der Waals surface area (Å²) in [6.07, 6.45) is 10.5. The third-order valence-electron chi connectivity index (χ3n) is 7.81. The van der Waals surface area contributed by atoms with Gasteiger partial charge in [0.25, 0.3) is 0 Å². The van der Waals surface area contributed by atoms with E-state index in [1.807, 2.05) is 11.8 Å². The van der Waals surface area contributed by atoms with E-state index in [-0.39, 0.29) is 35.6 Å². The first-order valence-electron chi connectivity index (χ1n) is 12.2. The average molecular weight is 515 g/mol. The summed E-state index contributed by atoms with van der Waals surface area (Å²) in [5.41, 5.74) is 0.290. The van der Waals surface area contributed by atoms with Gasteiger partial charge in [-0.3, -0.25) is 9.79 Å². The molecular weight excluding hydrogens is 480 g/mol. The van der Waals surface area contributed by atoms with Crippen LogP contribution in [0.3, 0.4) is 0 Å². The minimum atomic E-state index is -0.463. The van der Waals surface area contributed by atoms with Gasteiger partial charge in [-0.1, -0.05) is 36.7 Å². The fourth-order valence-corrected chi connectivity index (χ4v) is 8.26. The van der Waals surface area contributed by atoms with Crippen LogP contribution in [-0.4, -0.2) is 39.9 Å². The summed E-state index contributed by atoms with van der Waals surface area (Å²) in [5.74, 6) is 2.84. The Labute approximate surface area is 211 Å². The molecule has 6 rings (SSSR count). The molecular formula is C25H34Cl2FN3OS. The SMILES string of the molecule is CCCCN1/C(=N/C23CC4CC(CC(C4)C2)C3)SCC1CC(=O)Nc1cc(Cl)ccc1F.Cl. The van der Waals surface area contributed by atoms with Crippen molar-refractivity contribution < 1.29 is 9.18 Å². The first-order valence-corrected chi connectivity index (χ1v) is 13.5. The average Bonchev–Trinajstić information content (AvgIpc) is 3.08. The van der Waals surface area contributed by atoms with Crippen molar-refractivity contribution in [2.24, 2.45) is 22.7 Å². The predicted octanol–water partition coefficient (Wildman–Crippen LogP) is 6.77. The van der Waals surface area contributed by atoms with Gasteiger partial charge in [-0.2, -0.15) is 0 Å². The summed E-state index contributed by atoms with van der Waals surface area (Å²) in [7, 11) is 0. The fraction of sp³-hybridized carbons (Fsp3) is 0.680. The van der Waals surface area contributed by atoms with Crippen LogP contribution in [-0.2, 0) is 4.79 Å². The molecule has 1 amide bonds. The van der Waals surface area contributed by atoms with Crippen molar-refractivity contribution in [3.05, 3.63) is 29.0 Å². The van der Waals surface area contributed by atoms with E-state index in [0.29, 0.717) is 11.4 Å². The fourth-order valence-electron chi connectivity index (χ4n) is 6.79. The van der Waals surface area contributed by atoms with Crippen LogP contribution in [0.5, 0.6) is 0 Å². The van der Waals surface area contributed by atoms with Crippen LogP contribution < -0.4 is 5.32 Å². The summed E-state index contributed by atoms with van der Waals surface area (Å²) >= 11 is 7.79. The molecule has 4 nitrogen and oxygen atoms in total. The van der Waals surface area contributed by atoms with Gasteiger partial charge >= 0.3 is 0 Å². The van der Waals surface area contributed by atoms with Gasteiger partial charge in [-0.25, -0.2) is 4.39 Å². The minimum Gasteiger partial charge on any atom is -0.347 e. The predicted molar refractivity (Wildman–Crippen MR) is 138 cm³/mol. The van der Waals surface area contributed by atoms with Crippen LogP contribution in [0.2, 0.25) is 5.02 Å². The van der Waals surface area contributed by atoms with Gasteiger partial charge in [0, 0.05) is 29.8 Å². The number of anilines is 1. The second-order valence-corrected chi connectivity index (χ2v) is 11.8. The summed E-state index contributed by atoms with van der Waals surface area (Å²) < 4.78 is 14.1. The maximum atomic E-state index is 14.1. The number of nitrogens with zero attached hydrogens (tertiary/aromatic N) is 2. The Kier molecular flexibility index (Phi) is 7.86. The molecule has 1 unspecified atom stereocenters. The van der Waals surface area contributed by atoms with Gasteiger partial charge in [-0.15, -0.1) is 12.4 Å². The zero-order chi connectivity index (χ0) is 22.3. The lowest BCUT2D eigenvalue weighted by Crippen LogP contribution is -2.50. The van der Waals surface area contributed by atoms with E-state index in [9.17, 15) is 9.18 Å². The van der Waals surface area contributed by atoms with Crippen LogP contribution in [0, 0.1) is 23.6 Å². The maximum Gasteiger partial charge on any atom is 0.226 e. The van der Waals surface area contributed by atoms with Crippen molar-refractivity contribution in [2.45, 2.75) is 76.3 Å². The van der Waals surface area contributed by atoms with Gasteiger partial charge in [0.05, 0.1) is 11.2 Å². The van der Waals surface area contributed by atoms with Crippen molar-refractivity contribution in [1.29, 1.82) is 0 Å². The van der Waals surface area contributed by atoms with Crippen LogP contribution in [0.4, 0.5) is 10.1 Å². The molecule has 0 radical (unpaired) electrons. The molecule has 1 N–H and O–H groups in total. The Morgan fingerprint density at radius 3 is 2.55 bits per heavy atom. The Bertz CT molecular complexity index is 876. The zero-order valence-corrected chi connectivity index (χ0v) is 21.6.